The largest absolute Gasteiger partial charge is 0.370 e. The molecule has 33 heavy (non-hydrogen) atoms. The summed E-state index contributed by atoms with van der Waals surface area (Å²) in [5, 5.41) is 4.04. The van der Waals surface area contributed by atoms with Crippen LogP contribution in [0.15, 0.2) is 70.6 Å². The fourth-order valence-electron chi connectivity index (χ4n) is 3.92. The maximum Gasteiger partial charge on any atom is 0.267 e. The summed E-state index contributed by atoms with van der Waals surface area (Å²) < 4.78 is 7.58. The first-order chi connectivity index (χ1) is 15.9. The molecule has 1 aliphatic heterocycles. The van der Waals surface area contributed by atoms with Crippen LogP contribution in [0, 0.1) is 0 Å². The van der Waals surface area contributed by atoms with Crippen LogP contribution in [0.1, 0.15) is 24.3 Å². The van der Waals surface area contributed by atoms with Gasteiger partial charge in [0.1, 0.15) is 4.83 Å². The van der Waals surface area contributed by atoms with Crippen molar-refractivity contribution in [2.45, 2.75) is 37.6 Å². The fraction of sp³-hybridized carbons (Fsp3) is 0.240. The maximum atomic E-state index is 13.8. The molecule has 0 atom stereocenters. The Hall–Kier alpha value is -2.94. The van der Waals surface area contributed by atoms with E-state index in [2.05, 4.69) is 5.32 Å². The van der Waals surface area contributed by atoms with Gasteiger partial charge in [-0.2, -0.15) is 0 Å². The molecule has 5 rings (SSSR count). The van der Waals surface area contributed by atoms with Gasteiger partial charge < -0.3 is 10.1 Å². The van der Waals surface area contributed by atoms with E-state index in [1.165, 1.54) is 23.1 Å². The van der Waals surface area contributed by atoms with Crippen LogP contribution in [0.25, 0.3) is 15.9 Å². The molecule has 0 radical (unpaired) electrons. The van der Waals surface area contributed by atoms with Crippen molar-refractivity contribution in [2.75, 3.05) is 11.1 Å². The van der Waals surface area contributed by atoms with Gasteiger partial charge >= 0.3 is 0 Å². The smallest absolute Gasteiger partial charge is 0.267 e. The van der Waals surface area contributed by atoms with Crippen molar-refractivity contribution in [2.24, 2.45) is 0 Å². The second-order valence-electron chi connectivity index (χ2n) is 8.48. The highest BCUT2D eigenvalue weighted by Gasteiger charge is 2.31. The number of hydrogen-bond donors (Lipinski definition) is 1. The first-order valence-corrected chi connectivity index (χ1v) is 12.5. The number of thioether (sulfide) groups is 1. The number of carbonyl (C=O) groups is 1. The summed E-state index contributed by atoms with van der Waals surface area (Å²) in [7, 11) is 0. The van der Waals surface area contributed by atoms with E-state index < -0.39 is 0 Å². The number of aromatic nitrogens is 2. The number of thiophene rings is 1. The van der Waals surface area contributed by atoms with Crippen LogP contribution in [0.3, 0.4) is 0 Å². The van der Waals surface area contributed by atoms with Crippen molar-refractivity contribution in [3.63, 3.8) is 0 Å². The van der Waals surface area contributed by atoms with E-state index in [4.69, 9.17) is 9.72 Å². The van der Waals surface area contributed by atoms with Gasteiger partial charge in [-0.3, -0.25) is 14.2 Å². The molecule has 2 aromatic carbocycles. The van der Waals surface area contributed by atoms with E-state index in [1.54, 1.807) is 4.57 Å². The summed E-state index contributed by atoms with van der Waals surface area (Å²) in [4.78, 5) is 33.0. The lowest BCUT2D eigenvalue weighted by Crippen LogP contribution is -2.32. The Labute approximate surface area is 199 Å². The molecule has 1 aliphatic rings. The minimum Gasteiger partial charge on any atom is -0.370 e. The second kappa shape index (κ2) is 8.78. The number of nitrogens with one attached hydrogen (secondary N) is 1. The summed E-state index contributed by atoms with van der Waals surface area (Å²) in [6.07, 6.45) is 0.667. The van der Waals surface area contributed by atoms with E-state index in [-0.39, 0.29) is 22.8 Å². The molecule has 4 aromatic rings. The minimum atomic E-state index is -0.325. The van der Waals surface area contributed by atoms with Crippen LogP contribution in [0.2, 0.25) is 0 Å². The lowest BCUT2D eigenvalue weighted by atomic mass is 9.94. The third kappa shape index (κ3) is 4.46. The Morgan fingerprint density at radius 3 is 2.58 bits per heavy atom. The van der Waals surface area contributed by atoms with Gasteiger partial charge in [0.05, 0.1) is 29.0 Å². The zero-order chi connectivity index (χ0) is 23.0. The topological polar surface area (TPSA) is 73.2 Å². The lowest BCUT2D eigenvalue weighted by molar-refractivity contribution is -0.113. The van der Waals surface area contributed by atoms with Gasteiger partial charge in [-0.15, -0.1) is 11.3 Å². The Balaban J connectivity index is 1.55. The number of benzene rings is 2. The molecule has 6 nitrogen and oxygen atoms in total. The summed E-state index contributed by atoms with van der Waals surface area (Å²) in [6.45, 7) is 4.56. The number of rotatable bonds is 5. The monoisotopic (exact) mass is 477 g/mol. The molecule has 8 heteroatoms. The molecule has 1 amide bonds. The van der Waals surface area contributed by atoms with Gasteiger partial charge in [0.15, 0.2) is 5.16 Å². The van der Waals surface area contributed by atoms with E-state index in [1.807, 2.05) is 74.5 Å². The Bertz CT molecular complexity index is 1380. The molecule has 0 bridgehead atoms. The van der Waals surface area contributed by atoms with Crippen molar-refractivity contribution in [3.05, 3.63) is 81.5 Å². The number of ether oxygens (including phenoxy) is 1. The van der Waals surface area contributed by atoms with Gasteiger partial charge in [-0.05, 0) is 43.7 Å². The highest BCUT2D eigenvalue weighted by molar-refractivity contribution is 7.99. The standard InChI is InChI=1S/C25H23N3O3S2/c1-25(2)13-18-19(14-31-25)33-22-21(18)23(30)28(17-11-7-4-8-12-17)24(27-22)32-15-20(29)26-16-9-5-3-6-10-16/h3-12H,13-15H2,1-2H3,(H,26,29). The van der Waals surface area contributed by atoms with Gasteiger partial charge in [0.2, 0.25) is 5.91 Å². The first kappa shape index (κ1) is 21.9. The number of amides is 1. The van der Waals surface area contributed by atoms with Crippen molar-refractivity contribution in [1.82, 2.24) is 9.55 Å². The first-order valence-electron chi connectivity index (χ1n) is 10.7. The normalized spacial score (nSPS) is 14.7. The summed E-state index contributed by atoms with van der Waals surface area (Å²) in [6, 6.07) is 18.8. The summed E-state index contributed by atoms with van der Waals surface area (Å²) in [5.41, 5.74) is 2.07. The average molecular weight is 478 g/mol. The third-order valence-electron chi connectivity index (χ3n) is 5.48. The zero-order valence-corrected chi connectivity index (χ0v) is 20.0. The lowest BCUT2D eigenvalue weighted by Gasteiger charge is -2.29. The molecule has 0 unspecified atom stereocenters. The number of anilines is 1. The minimum absolute atomic E-state index is 0.104. The molecular weight excluding hydrogens is 454 g/mol. The van der Waals surface area contributed by atoms with Crippen LogP contribution in [-0.2, 0) is 22.6 Å². The van der Waals surface area contributed by atoms with E-state index in [0.717, 1.165) is 21.8 Å². The second-order valence-corrected chi connectivity index (χ2v) is 10.5. The molecule has 0 saturated carbocycles. The highest BCUT2D eigenvalue weighted by atomic mass is 32.2. The molecule has 3 heterocycles. The molecule has 2 aromatic heterocycles. The molecule has 1 N–H and O–H groups in total. The molecule has 0 fully saturated rings. The Kier molecular flexibility index (Phi) is 5.82. The van der Waals surface area contributed by atoms with Crippen LogP contribution < -0.4 is 10.9 Å². The van der Waals surface area contributed by atoms with Crippen molar-refractivity contribution in [1.29, 1.82) is 0 Å². The van der Waals surface area contributed by atoms with Gasteiger partial charge in [-0.25, -0.2) is 4.98 Å². The highest BCUT2D eigenvalue weighted by Crippen LogP contribution is 2.37. The van der Waals surface area contributed by atoms with Crippen molar-refractivity contribution < 1.29 is 9.53 Å². The van der Waals surface area contributed by atoms with E-state index in [0.29, 0.717) is 28.4 Å². The quantitative estimate of drug-likeness (QED) is 0.322. The molecular formula is C25H23N3O3S2. The predicted molar refractivity (Wildman–Crippen MR) is 134 cm³/mol. The van der Waals surface area contributed by atoms with Crippen LogP contribution in [-0.4, -0.2) is 26.8 Å². The number of para-hydroxylation sites is 2. The number of hydrogen-bond acceptors (Lipinski definition) is 6. The van der Waals surface area contributed by atoms with Crippen LogP contribution in [0.5, 0.6) is 0 Å². The Morgan fingerprint density at radius 2 is 1.85 bits per heavy atom. The van der Waals surface area contributed by atoms with Crippen LogP contribution in [0.4, 0.5) is 5.69 Å². The van der Waals surface area contributed by atoms with Gasteiger partial charge in [0.25, 0.3) is 5.56 Å². The van der Waals surface area contributed by atoms with Crippen molar-refractivity contribution in [3.8, 4) is 5.69 Å². The van der Waals surface area contributed by atoms with Crippen molar-refractivity contribution >= 4 is 44.9 Å². The number of carbonyl (C=O) groups excluding carboxylic acids is 1. The molecule has 168 valence electrons. The fourth-order valence-corrected chi connectivity index (χ4v) is 5.88. The van der Waals surface area contributed by atoms with E-state index >= 15 is 0 Å². The zero-order valence-electron chi connectivity index (χ0n) is 18.3. The molecule has 0 spiro atoms. The Morgan fingerprint density at radius 1 is 1.15 bits per heavy atom. The number of nitrogens with zero attached hydrogens (tertiary/aromatic N) is 2. The van der Waals surface area contributed by atoms with E-state index in [9.17, 15) is 9.59 Å². The predicted octanol–water partition coefficient (Wildman–Crippen LogP) is 5.03. The average Bonchev–Trinajstić information content (AvgIpc) is 3.15. The van der Waals surface area contributed by atoms with Crippen LogP contribution >= 0.6 is 23.1 Å². The molecule has 0 aliphatic carbocycles. The maximum absolute atomic E-state index is 13.8. The number of fused-ring (bicyclic) bond motifs is 3. The summed E-state index contributed by atoms with van der Waals surface area (Å²) in [5.74, 6) is -0.0123. The van der Waals surface area contributed by atoms with Gasteiger partial charge in [-0.1, -0.05) is 48.2 Å². The SMILES string of the molecule is CC1(C)Cc2c(sc3nc(SCC(=O)Nc4ccccc4)n(-c4ccccc4)c(=O)c23)CO1. The van der Waals surface area contributed by atoms with Gasteiger partial charge in [0, 0.05) is 17.0 Å². The third-order valence-corrected chi connectivity index (χ3v) is 7.52. The summed E-state index contributed by atoms with van der Waals surface area (Å²) >= 11 is 2.77. The molecule has 0 saturated heterocycles.